The van der Waals surface area contributed by atoms with E-state index in [2.05, 4.69) is 0 Å². The van der Waals surface area contributed by atoms with Gasteiger partial charge in [0.2, 0.25) is 0 Å². The summed E-state index contributed by atoms with van der Waals surface area (Å²) in [6.07, 6.45) is 0. The molecule has 0 aliphatic rings. The number of fused-ring (bicyclic) bond motifs is 1. The van der Waals surface area contributed by atoms with Crippen LogP contribution in [-0.2, 0) is 16.1 Å². The van der Waals surface area contributed by atoms with Gasteiger partial charge in [-0.1, -0.05) is 24.3 Å². The van der Waals surface area contributed by atoms with Gasteiger partial charge in [0, 0.05) is 30.6 Å². The van der Waals surface area contributed by atoms with E-state index in [0.717, 1.165) is 20.8 Å². The molecule has 2 aromatic rings. The number of aliphatic carboxylic acids is 1. The third-order valence-corrected chi connectivity index (χ3v) is 3.80. The maximum absolute atomic E-state index is 11.5. The highest BCUT2D eigenvalue weighted by atomic mass is 32.2. The smallest absolute Gasteiger partial charge is 0.324 e. The first-order chi connectivity index (χ1) is 9.91. The topological polar surface area (TPSA) is 81.1 Å². The maximum Gasteiger partial charge on any atom is 0.324 e. The molecule has 1 atom stereocenters. The maximum atomic E-state index is 11.5. The standard InChI is InChI=1S/C14H16N2O4S/c1-15(2)12-7-3-6-11-10(12)5-4-8-13(11)16(21(19)20)9-14(17)18/h3-8H,9H2,1-2H3,(H,17,18)(H,19,20). The fourth-order valence-electron chi connectivity index (χ4n) is 2.23. The summed E-state index contributed by atoms with van der Waals surface area (Å²) >= 11 is -2.41. The number of hydrogen-bond donors (Lipinski definition) is 2. The summed E-state index contributed by atoms with van der Waals surface area (Å²) in [5.41, 5.74) is 1.37. The highest BCUT2D eigenvalue weighted by Crippen LogP contribution is 2.33. The lowest BCUT2D eigenvalue weighted by Crippen LogP contribution is -2.31. The summed E-state index contributed by atoms with van der Waals surface area (Å²) in [5, 5.41) is 10.5. The van der Waals surface area contributed by atoms with E-state index in [4.69, 9.17) is 5.11 Å². The molecule has 0 aliphatic heterocycles. The molecule has 7 heteroatoms. The first-order valence-electron chi connectivity index (χ1n) is 6.21. The number of nitrogens with zero attached hydrogens (tertiary/aromatic N) is 2. The largest absolute Gasteiger partial charge is 0.480 e. The fraction of sp³-hybridized carbons (Fsp3) is 0.214. The molecule has 1 unspecified atom stereocenters. The van der Waals surface area contributed by atoms with Gasteiger partial charge in [-0.25, -0.2) is 4.21 Å². The van der Waals surface area contributed by atoms with E-state index in [-0.39, 0.29) is 0 Å². The number of carboxylic acids is 1. The summed E-state index contributed by atoms with van der Waals surface area (Å²) in [4.78, 5) is 12.8. The summed E-state index contributed by atoms with van der Waals surface area (Å²) in [6, 6.07) is 10.8. The average Bonchev–Trinajstić information content (AvgIpc) is 2.43. The first-order valence-corrected chi connectivity index (χ1v) is 7.27. The molecule has 2 N–H and O–H groups in total. The van der Waals surface area contributed by atoms with Crippen LogP contribution in [0.3, 0.4) is 0 Å². The molecule has 0 spiro atoms. The van der Waals surface area contributed by atoms with Crippen LogP contribution in [0.2, 0.25) is 0 Å². The van der Waals surface area contributed by atoms with Crippen LogP contribution < -0.4 is 9.21 Å². The van der Waals surface area contributed by atoms with E-state index in [0.29, 0.717) is 5.69 Å². The van der Waals surface area contributed by atoms with Gasteiger partial charge in [0.25, 0.3) is 11.3 Å². The zero-order valence-corrected chi connectivity index (χ0v) is 12.5. The molecule has 21 heavy (non-hydrogen) atoms. The minimum atomic E-state index is -2.41. The van der Waals surface area contributed by atoms with Crippen molar-refractivity contribution in [1.82, 2.24) is 0 Å². The van der Waals surface area contributed by atoms with Crippen LogP contribution >= 0.6 is 0 Å². The van der Waals surface area contributed by atoms with E-state index in [1.807, 2.05) is 37.2 Å². The van der Waals surface area contributed by atoms with Crippen molar-refractivity contribution in [1.29, 1.82) is 0 Å². The van der Waals surface area contributed by atoms with Crippen molar-refractivity contribution < 1.29 is 18.7 Å². The molecule has 0 bridgehead atoms. The van der Waals surface area contributed by atoms with Gasteiger partial charge in [-0.05, 0) is 12.1 Å². The van der Waals surface area contributed by atoms with Crippen molar-refractivity contribution in [2.24, 2.45) is 0 Å². The van der Waals surface area contributed by atoms with E-state index in [9.17, 15) is 13.6 Å². The number of anilines is 2. The molecule has 2 aromatic carbocycles. The fourth-order valence-corrected chi connectivity index (χ4v) is 2.78. The summed E-state index contributed by atoms with van der Waals surface area (Å²) in [6.45, 7) is -0.547. The van der Waals surface area contributed by atoms with Crippen LogP contribution in [0, 0.1) is 0 Å². The van der Waals surface area contributed by atoms with E-state index in [1.165, 1.54) is 0 Å². The Kier molecular flexibility index (Phi) is 4.44. The van der Waals surface area contributed by atoms with Gasteiger partial charge < -0.3 is 10.0 Å². The summed E-state index contributed by atoms with van der Waals surface area (Å²) < 4.78 is 21.8. The molecule has 0 saturated carbocycles. The molecule has 0 aromatic heterocycles. The Labute approximate surface area is 125 Å². The Morgan fingerprint density at radius 3 is 2.10 bits per heavy atom. The Morgan fingerprint density at radius 2 is 1.62 bits per heavy atom. The number of carbonyl (C=O) groups is 1. The van der Waals surface area contributed by atoms with Crippen molar-refractivity contribution in [2.45, 2.75) is 0 Å². The second kappa shape index (κ2) is 6.11. The molecular weight excluding hydrogens is 292 g/mol. The minimum absolute atomic E-state index is 0.416. The summed E-state index contributed by atoms with van der Waals surface area (Å²) in [5.74, 6) is -1.17. The lowest BCUT2D eigenvalue weighted by Gasteiger charge is -2.22. The van der Waals surface area contributed by atoms with Crippen molar-refractivity contribution in [2.75, 3.05) is 29.8 Å². The van der Waals surface area contributed by atoms with Gasteiger partial charge in [-0.15, -0.1) is 0 Å². The summed E-state index contributed by atoms with van der Waals surface area (Å²) in [7, 11) is 3.81. The van der Waals surface area contributed by atoms with Gasteiger partial charge in [0.1, 0.15) is 6.54 Å². The predicted octanol–water partition coefficient (Wildman–Crippen LogP) is 1.93. The molecule has 0 saturated heterocycles. The molecule has 0 amide bonds. The monoisotopic (exact) mass is 308 g/mol. The number of hydrogen-bond acceptors (Lipinski definition) is 3. The Morgan fingerprint density at radius 1 is 1.10 bits per heavy atom. The van der Waals surface area contributed by atoms with Gasteiger partial charge >= 0.3 is 5.97 Å². The Balaban J connectivity index is 2.66. The molecule has 2 rings (SSSR count). The second-order valence-corrected chi connectivity index (χ2v) is 5.61. The molecule has 0 aliphatic carbocycles. The third kappa shape index (κ3) is 3.14. The average molecular weight is 308 g/mol. The third-order valence-electron chi connectivity index (χ3n) is 3.09. The number of rotatable bonds is 5. The van der Waals surface area contributed by atoms with E-state index >= 15 is 0 Å². The van der Waals surface area contributed by atoms with Crippen LogP contribution in [0.15, 0.2) is 36.4 Å². The normalized spacial score (nSPS) is 12.1. The second-order valence-electron chi connectivity index (χ2n) is 4.70. The Hall–Kier alpha value is -2.12. The van der Waals surface area contributed by atoms with Crippen molar-refractivity contribution >= 4 is 39.4 Å². The Bertz CT molecular complexity index is 702. The molecule has 0 heterocycles. The zero-order chi connectivity index (χ0) is 15.6. The van der Waals surface area contributed by atoms with Gasteiger partial charge in [-0.2, -0.15) is 0 Å². The van der Waals surface area contributed by atoms with Gasteiger partial charge in [-0.3, -0.25) is 13.7 Å². The molecular formula is C14H16N2O4S. The van der Waals surface area contributed by atoms with Crippen molar-refractivity contribution in [3.8, 4) is 0 Å². The van der Waals surface area contributed by atoms with Gasteiger partial charge in [0.05, 0.1) is 5.69 Å². The van der Waals surface area contributed by atoms with Crippen LogP contribution in [0.5, 0.6) is 0 Å². The molecule has 0 fully saturated rings. The van der Waals surface area contributed by atoms with Crippen molar-refractivity contribution in [3.63, 3.8) is 0 Å². The first kappa shape index (κ1) is 15.3. The highest BCUT2D eigenvalue weighted by molar-refractivity contribution is 7.80. The van der Waals surface area contributed by atoms with Crippen molar-refractivity contribution in [3.05, 3.63) is 36.4 Å². The van der Waals surface area contributed by atoms with Crippen LogP contribution in [-0.4, -0.2) is 40.5 Å². The van der Waals surface area contributed by atoms with Crippen LogP contribution in [0.4, 0.5) is 11.4 Å². The predicted molar refractivity (Wildman–Crippen MR) is 84.0 cm³/mol. The van der Waals surface area contributed by atoms with E-state index < -0.39 is 23.8 Å². The van der Waals surface area contributed by atoms with E-state index in [1.54, 1.807) is 18.2 Å². The van der Waals surface area contributed by atoms with Crippen LogP contribution in [0.25, 0.3) is 10.8 Å². The SMILES string of the molecule is CN(C)c1cccc2c(N(CC(=O)O)S(=O)O)cccc12. The lowest BCUT2D eigenvalue weighted by atomic mass is 10.1. The number of benzene rings is 2. The molecule has 112 valence electrons. The minimum Gasteiger partial charge on any atom is -0.480 e. The number of carboxylic acid groups (broad SMARTS) is 1. The quantitative estimate of drug-likeness (QED) is 0.825. The molecule has 6 nitrogen and oxygen atoms in total. The molecule has 0 radical (unpaired) electrons. The lowest BCUT2D eigenvalue weighted by molar-refractivity contribution is -0.135. The van der Waals surface area contributed by atoms with Gasteiger partial charge in [0.15, 0.2) is 0 Å². The highest BCUT2D eigenvalue weighted by Gasteiger charge is 2.19. The van der Waals surface area contributed by atoms with Crippen LogP contribution in [0.1, 0.15) is 0 Å². The zero-order valence-electron chi connectivity index (χ0n) is 11.7.